The number of benzene rings is 9. The summed E-state index contributed by atoms with van der Waals surface area (Å²) >= 11 is 0. The van der Waals surface area contributed by atoms with Gasteiger partial charge in [0.2, 0.25) is 0 Å². The van der Waals surface area contributed by atoms with E-state index in [2.05, 4.69) is 216 Å². The van der Waals surface area contributed by atoms with Crippen LogP contribution in [0, 0.1) is 0 Å². The maximum atomic E-state index is 6.74. The van der Waals surface area contributed by atoms with Crippen LogP contribution in [-0.4, -0.2) is 4.57 Å². The maximum absolute atomic E-state index is 6.74. The van der Waals surface area contributed by atoms with Crippen LogP contribution in [0.15, 0.2) is 211 Å². The lowest BCUT2D eigenvalue weighted by Crippen LogP contribution is -2.10. The largest absolute Gasteiger partial charge is 0.456 e. The number of fused-ring (bicyclic) bond motifs is 7. The van der Waals surface area contributed by atoms with Crippen molar-refractivity contribution < 1.29 is 4.42 Å². The molecule has 3 heteroatoms. The minimum atomic E-state index is 0.870. The summed E-state index contributed by atoms with van der Waals surface area (Å²) in [6.07, 6.45) is 0. The zero-order valence-corrected chi connectivity index (χ0v) is 29.9. The molecule has 11 rings (SSSR count). The van der Waals surface area contributed by atoms with Gasteiger partial charge in [-0.1, -0.05) is 152 Å². The normalized spacial score (nSPS) is 11.6. The molecule has 0 atom stereocenters. The highest BCUT2D eigenvalue weighted by Crippen LogP contribution is 2.49. The molecule has 0 bridgehead atoms. The van der Waals surface area contributed by atoms with Gasteiger partial charge in [0.15, 0.2) is 0 Å². The lowest BCUT2D eigenvalue weighted by molar-refractivity contribution is 0.669. The van der Waals surface area contributed by atoms with Crippen LogP contribution in [0.3, 0.4) is 0 Å². The third kappa shape index (κ3) is 4.98. The van der Waals surface area contributed by atoms with Crippen molar-refractivity contribution in [1.82, 2.24) is 4.57 Å². The molecule has 0 aliphatic heterocycles. The van der Waals surface area contributed by atoms with Gasteiger partial charge < -0.3 is 13.9 Å². The zero-order valence-electron chi connectivity index (χ0n) is 29.9. The number of aromatic nitrogens is 1. The molecule has 0 radical (unpaired) electrons. The summed E-state index contributed by atoms with van der Waals surface area (Å²) < 4.78 is 9.21. The number of hydrogen-bond donors (Lipinski definition) is 0. The van der Waals surface area contributed by atoms with Crippen molar-refractivity contribution in [3.63, 3.8) is 0 Å². The van der Waals surface area contributed by atoms with Crippen molar-refractivity contribution in [2.75, 3.05) is 4.90 Å². The Morgan fingerprint density at radius 1 is 0.400 bits per heavy atom. The van der Waals surface area contributed by atoms with Crippen molar-refractivity contribution in [1.29, 1.82) is 0 Å². The molecular weight excluding hydrogens is 669 g/mol. The van der Waals surface area contributed by atoms with Crippen LogP contribution in [0.4, 0.5) is 17.1 Å². The lowest BCUT2D eigenvalue weighted by Gasteiger charge is -2.26. The second-order valence-corrected chi connectivity index (χ2v) is 14.1. The van der Waals surface area contributed by atoms with Gasteiger partial charge in [-0.25, -0.2) is 0 Å². The van der Waals surface area contributed by atoms with Crippen molar-refractivity contribution in [3.05, 3.63) is 206 Å². The second-order valence-electron chi connectivity index (χ2n) is 14.1. The third-order valence-corrected chi connectivity index (χ3v) is 10.9. The first-order valence-electron chi connectivity index (χ1n) is 18.8. The molecule has 3 nitrogen and oxygen atoms in total. The molecule has 11 aromatic rings. The molecule has 0 unspecified atom stereocenters. The van der Waals surface area contributed by atoms with E-state index in [1.807, 2.05) is 0 Å². The number of rotatable bonds is 6. The summed E-state index contributed by atoms with van der Waals surface area (Å²) in [4.78, 5) is 2.33. The van der Waals surface area contributed by atoms with Crippen LogP contribution in [0.2, 0.25) is 0 Å². The molecule has 2 aromatic heterocycles. The molecule has 9 aromatic carbocycles. The molecule has 55 heavy (non-hydrogen) atoms. The smallest absolute Gasteiger partial charge is 0.138 e. The highest BCUT2D eigenvalue weighted by molar-refractivity contribution is 6.28. The van der Waals surface area contributed by atoms with Crippen LogP contribution in [-0.2, 0) is 0 Å². The number of furan rings is 1. The van der Waals surface area contributed by atoms with Crippen molar-refractivity contribution in [2.24, 2.45) is 0 Å². The van der Waals surface area contributed by atoms with Gasteiger partial charge >= 0.3 is 0 Å². The summed E-state index contributed by atoms with van der Waals surface area (Å²) in [6, 6.07) is 73.8. The van der Waals surface area contributed by atoms with Crippen LogP contribution in [0.5, 0.6) is 0 Å². The number of hydrogen-bond acceptors (Lipinski definition) is 2. The van der Waals surface area contributed by atoms with E-state index in [0.29, 0.717) is 0 Å². The van der Waals surface area contributed by atoms with Crippen LogP contribution >= 0.6 is 0 Å². The monoisotopic (exact) mass is 702 g/mol. The molecule has 2 heterocycles. The summed E-state index contributed by atoms with van der Waals surface area (Å²) in [5, 5.41) is 7.10. The summed E-state index contributed by atoms with van der Waals surface area (Å²) in [5.41, 5.74) is 13.1. The maximum Gasteiger partial charge on any atom is 0.138 e. The fourth-order valence-corrected chi connectivity index (χ4v) is 8.64. The van der Waals surface area contributed by atoms with E-state index < -0.39 is 0 Å². The highest BCUT2D eigenvalue weighted by Gasteiger charge is 2.25. The van der Waals surface area contributed by atoms with Crippen molar-refractivity contribution >= 4 is 71.6 Å². The summed E-state index contributed by atoms with van der Waals surface area (Å²) in [7, 11) is 0. The summed E-state index contributed by atoms with van der Waals surface area (Å²) in [5.74, 6) is 0. The standard InChI is InChI=1S/C52H34N2O/c1-4-18-36(19-5-1)49-50-45-31-16-30-43(42-29-14-20-35-17-10-11-27-41(35)42)52(45)54(46(50)34-48-51(49)44-28-12-13-32-47(44)55-48)40-26-15-25-39(33-40)53(37-21-6-2-7-22-37)38-23-8-3-9-24-38/h1-34H. The van der Waals surface area contributed by atoms with E-state index in [4.69, 9.17) is 4.42 Å². The Bertz CT molecular complexity index is 3150. The topological polar surface area (TPSA) is 21.3 Å². The Kier molecular flexibility index (Phi) is 7.17. The molecule has 0 aliphatic carbocycles. The van der Waals surface area contributed by atoms with Crippen molar-refractivity contribution in [3.8, 4) is 27.9 Å². The van der Waals surface area contributed by atoms with Gasteiger partial charge in [0.05, 0.1) is 11.0 Å². The molecule has 0 fully saturated rings. The predicted molar refractivity (Wildman–Crippen MR) is 231 cm³/mol. The fourth-order valence-electron chi connectivity index (χ4n) is 8.64. The second kappa shape index (κ2) is 12.6. The number of nitrogens with zero attached hydrogens (tertiary/aromatic N) is 2. The van der Waals surface area contributed by atoms with E-state index in [-0.39, 0.29) is 0 Å². The Hall–Kier alpha value is -7.36. The molecule has 0 saturated heterocycles. The van der Waals surface area contributed by atoms with E-state index in [1.165, 1.54) is 38.2 Å². The number of para-hydroxylation sites is 4. The zero-order chi connectivity index (χ0) is 36.3. The van der Waals surface area contributed by atoms with Crippen LogP contribution in [0.1, 0.15) is 0 Å². The van der Waals surface area contributed by atoms with E-state index >= 15 is 0 Å². The lowest BCUT2D eigenvalue weighted by atomic mass is 9.93. The van der Waals surface area contributed by atoms with Gasteiger partial charge in [-0.15, -0.1) is 0 Å². The first-order chi connectivity index (χ1) is 27.3. The number of anilines is 3. The first kappa shape index (κ1) is 31.2. The Labute approximate surface area is 318 Å². The molecule has 0 amide bonds. The van der Waals surface area contributed by atoms with Gasteiger partial charge in [-0.3, -0.25) is 0 Å². The molecule has 0 aliphatic rings. The quantitative estimate of drug-likeness (QED) is 0.172. The molecular formula is C52H34N2O. The van der Waals surface area contributed by atoms with Gasteiger partial charge in [-0.2, -0.15) is 0 Å². The van der Waals surface area contributed by atoms with Gasteiger partial charge in [0.25, 0.3) is 0 Å². The molecule has 258 valence electrons. The van der Waals surface area contributed by atoms with Gasteiger partial charge in [0, 0.05) is 61.5 Å². The van der Waals surface area contributed by atoms with Crippen LogP contribution in [0.25, 0.3) is 82.5 Å². The fraction of sp³-hybridized carbons (Fsp3) is 0. The third-order valence-electron chi connectivity index (χ3n) is 10.9. The Morgan fingerprint density at radius 2 is 0.982 bits per heavy atom. The van der Waals surface area contributed by atoms with E-state index in [1.54, 1.807) is 0 Å². The van der Waals surface area contributed by atoms with Crippen LogP contribution < -0.4 is 4.90 Å². The summed E-state index contributed by atoms with van der Waals surface area (Å²) in [6.45, 7) is 0. The first-order valence-corrected chi connectivity index (χ1v) is 18.8. The minimum absolute atomic E-state index is 0.870. The van der Waals surface area contributed by atoms with E-state index in [9.17, 15) is 0 Å². The SMILES string of the molecule is c1ccc(-c2c3c(cc4c2c2cccc(-c5cccc6ccccc56)c2n4-c2cccc(N(c4ccccc4)c4ccccc4)c2)oc2ccccc23)cc1. The van der Waals surface area contributed by atoms with Gasteiger partial charge in [0.1, 0.15) is 11.2 Å². The average molecular weight is 703 g/mol. The minimum Gasteiger partial charge on any atom is -0.456 e. The average Bonchev–Trinajstić information content (AvgIpc) is 3.79. The Balaban J connectivity index is 1.30. The molecule has 0 N–H and O–H groups in total. The highest BCUT2D eigenvalue weighted by atomic mass is 16.3. The van der Waals surface area contributed by atoms with Gasteiger partial charge in [-0.05, 0) is 70.4 Å². The van der Waals surface area contributed by atoms with Crippen molar-refractivity contribution in [2.45, 2.75) is 0 Å². The predicted octanol–water partition coefficient (Wildman–Crippen LogP) is 14.6. The van der Waals surface area contributed by atoms with E-state index in [0.717, 1.165) is 61.3 Å². The Morgan fingerprint density at radius 3 is 1.76 bits per heavy atom. The molecule has 0 spiro atoms. The molecule has 0 saturated carbocycles.